The maximum absolute atomic E-state index is 12.5. The molecule has 21 heavy (non-hydrogen) atoms. The standard InChI is InChI=1S/C17H24N2O2/c1-14-4-2-3-5-16(14)15-6-8-18(9-7-15)17(20)19-10-12-21-13-11-19/h2-5,15H,6-13H2,1H3. The lowest BCUT2D eigenvalue weighted by Gasteiger charge is -2.37. The van der Waals surface area contributed by atoms with E-state index in [2.05, 4.69) is 31.2 Å². The minimum absolute atomic E-state index is 0.196. The normalized spacial score (nSPS) is 20.6. The number of aryl methyl sites for hydroxylation is 1. The van der Waals surface area contributed by atoms with Crippen LogP contribution in [0.5, 0.6) is 0 Å². The number of hydrogen-bond acceptors (Lipinski definition) is 2. The van der Waals surface area contributed by atoms with Crippen molar-refractivity contribution in [3.63, 3.8) is 0 Å². The van der Waals surface area contributed by atoms with Crippen LogP contribution in [0.3, 0.4) is 0 Å². The number of ether oxygens (including phenoxy) is 1. The minimum Gasteiger partial charge on any atom is -0.378 e. The Hall–Kier alpha value is -1.55. The van der Waals surface area contributed by atoms with E-state index < -0.39 is 0 Å². The molecule has 2 heterocycles. The molecule has 2 saturated heterocycles. The summed E-state index contributed by atoms with van der Waals surface area (Å²) >= 11 is 0. The summed E-state index contributed by atoms with van der Waals surface area (Å²) in [5, 5.41) is 0. The fourth-order valence-electron chi connectivity index (χ4n) is 3.38. The monoisotopic (exact) mass is 288 g/mol. The van der Waals surface area contributed by atoms with E-state index in [0.717, 1.165) is 39.0 Å². The molecule has 4 heteroatoms. The van der Waals surface area contributed by atoms with E-state index in [9.17, 15) is 4.79 Å². The number of piperidine rings is 1. The van der Waals surface area contributed by atoms with E-state index >= 15 is 0 Å². The van der Waals surface area contributed by atoms with E-state index in [1.54, 1.807) is 0 Å². The highest BCUT2D eigenvalue weighted by Gasteiger charge is 2.28. The van der Waals surface area contributed by atoms with Gasteiger partial charge >= 0.3 is 6.03 Å². The Bertz CT molecular complexity index is 489. The lowest BCUT2D eigenvalue weighted by atomic mass is 9.87. The number of nitrogens with zero attached hydrogens (tertiary/aromatic N) is 2. The molecule has 0 spiro atoms. The largest absolute Gasteiger partial charge is 0.378 e. The maximum atomic E-state index is 12.5. The van der Waals surface area contributed by atoms with Crippen molar-refractivity contribution >= 4 is 6.03 Å². The van der Waals surface area contributed by atoms with Crippen LogP contribution in [0.4, 0.5) is 4.79 Å². The number of morpholine rings is 1. The molecule has 1 aromatic carbocycles. The van der Waals surface area contributed by atoms with Crippen LogP contribution in [-0.2, 0) is 4.74 Å². The van der Waals surface area contributed by atoms with Gasteiger partial charge in [-0.1, -0.05) is 24.3 Å². The van der Waals surface area contributed by atoms with E-state index in [0.29, 0.717) is 19.1 Å². The molecule has 0 radical (unpaired) electrons. The molecule has 2 aliphatic heterocycles. The van der Waals surface area contributed by atoms with Gasteiger partial charge in [0.15, 0.2) is 0 Å². The molecular weight excluding hydrogens is 264 g/mol. The predicted octanol–water partition coefficient (Wildman–Crippen LogP) is 2.63. The van der Waals surface area contributed by atoms with Crippen LogP contribution in [-0.4, -0.2) is 55.2 Å². The summed E-state index contributed by atoms with van der Waals surface area (Å²) in [6.45, 7) is 6.73. The van der Waals surface area contributed by atoms with Crippen LogP contribution in [0.2, 0.25) is 0 Å². The zero-order chi connectivity index (χ0) is 14.7. The van der Waals surface area contributed by atoms with E-state index in [1.807, 2.05) is 9.80 Å². The third-order valence-corrected chi connectivity index (χ3v) is 4.68. The Labute approximate surface area is 126 Å². The van der Waals surface area contributed by atoms with Crippen LogP contribution in [0.1, 0.15) is 29.9 Å². The molecule has 0 unspecified atom stereocenters. The van der Waals surface area contributed by atoms with Crippen molar-refractivity contribution in [1.82, 2.24) is 9.80 Å². The van der Waals surface area contributed by atoms with Crippen LogP contribution in [0, 0.1) is 6.92 Å². The van der Waals surface area contributed by atoms with E-state index in [4.69, 9.17) is 4.74 Å². The average molecular weight is 288 g/mol. The quantitative estimate of drug-likeness (QED) is 0.796. The highest BCUT2D eigenvalue weighted by Crippen LogP contribution is 2.30. The Morgan fingerprint density at radius 3 is 2.33 bits per heavy atom. The topological polar surface area (TPSA) is 32.8 Å². The molecule has 114 valence electrons. The second-order valence-electron chi connectivity index (χ2n) is 6.00. The molecule has 0 aromatic heterocycles. The zero-order valence-corrected chi connectivity index (χ0v) is 12.8. The van der Waals surface area contributed by atoms with Gasteiger partial charge in [0.25, 0.3) is 0 Å². The van der Waals surface area contributed by atoms with Crippen LogP contribution in [0.25, 0.3) is 0 Å². The molecule has 1 aromatic rings. The van der Waals surface area contributed by atoms with Gasteiger partial charge in [0.2, 0.25) is 0 Å². The van der Waals surface area contributed by atoms with Crippen molar-refractivity contribution in [2.24, 2.45) is 0 Å². The zero-order valence-electron chi connectivity index (χ0n) is 12.8. The van der Waals surface area contributed by atoms with Crippen molar-refractivity contribution in [2.75, 3.05) is 39.4 Å². The first kappa shape index (κ1) is 14.4. The highest BCUT2D eigenvalue weighted by atomic mass is 16.5. The number of carbonyl (C=O) groups is 1. The van der Waals surface area contributed by atoms with Gasteiger partial charge in [-0.15, -0.1) is 0 Å². The Kier molecular flexibility index (Phi) is 4.44. The van der Waals surface area contributed by atoms with Gasteiger partial charge in [-0.05, 0) is 36.8 Å². The SMILES string of the molecule is Cc1ccccc1C1CCN(C(=O)N2CCOCC2)CC1. The minimum atomic E-state index is 0.196. The number of benzene rings is 1. The van der Waals surface area contributed by atoms with Gasteiger partial charge in [-0.3, -0.25) is 0 Å². The molecule has 2 fully saturated rings. The predicted molar refractivity (Wildman–Crippen MR) is 82.5 cm³/mol. The van der Waals surface area contributed by atoms with Crippen molar-refractivity contribution in [1.29, 1.82) is 0 Å². The summed E-state index contributed by atoms with van der Waals surface area (Å²) in [4.78, 5) is 16.4. The van der Waals surface area contributed by atoms with Crippen molar-refractivity contribution < 1.29 is 9.53 Å². The lowest BCUT2D eigenvalue weighted by molar-refractivity contribution is 0.0411. The molecule has 0 atom stereocenters. The summed E-state index contributed by atoms with van der Waals surface area (Å²) in [6.07, 6.45) is 2.14. The maximum Gasteiger partial charge on any atom is 0.320 e. The molecule has 0 bridgehead atoms. The van der Waals surface area contributed by atoms with E-state index in [-0.39, 0.29) is 6.03 Å². The Morgan fingerprint density at radius 1 is 1.05 bits per heavy atom. The summed E-state index contributed by atoms with van der Waals surface area (Å²) in [6, 6.07) is 8.82. The summed E-state index contributed by atoms with van der Waals surface area (Å²) in [5.74, 6) is 0.597. The van der Waals surface area contributed by atoms with Gasteiger partial charge < -0.3 is 14.5 Å². The molecule has 4 nitrogen and oxygen atoms in total. The smallest absolute Gasteiger partial charge is 0.320 e. The van der Waals surface area contributed by atoms with E-state index in [1.165, 1.54) is 11.1 Å². The molecular formula is C17H24N2O2. The lowest BCUT2D eigenvalue weighted by Crippen LogP contribution is -2.50. The number of amides is 2. The summed E-state index contributed by atoms with van der Waals surface area (Å²) in [5.41, 5.74) is 2.83. The fourth-order valence-corrected chi connectivity index (χ4v) is 3.38. The number of hydrogen-bond donors (Lipinski definition) is 0. The van der Waals surface area contributed by atoms with Crippen molar-refractivity contribution in [2.45, 2.75) is 25.7 Å². The van der Waals surface area contributed by atoms with Crippen molar-refractivity contribution in [3.05, 3.63) is 35.4 Å². The number of carbonyl (C=O) groups excluding carboxylic acids is 1. The Morgan fingerprint density at radius 2 is 1.67 bits per heavy atom. The average Bonchev–Trinajstić information content (AvgIpc) is 2.56. The van der Waals surface area contributed by atoms with Crippen molar-refractivity contribution in [3.8, 4) is 0 Å². The van der Waals surface area contributed by atoms with Gasteiger partial charge in [0.05, 0.1) is 13.2 Å². The first-order chi connectivity index (χ1) is 10.3. The fraction of sp³-hybridized carbons (Fsp3) is 0.588. The van der Waals surface area contributed by atoms with Gasteiger partial charge in [-0.2, -0.15) is 0 Å². The van der Waals surface area contributed by atoms with Gasteiger partial charge in [0.1, 0.15) is 0 Å². The molecule has 0 saturated carbocycles. The van der Waals surface area contributed by atoms with Crippen LogP contribution >= 0.6 is 0 Å². The second kappa shape index (κ2) is 6.48. The second-order valence-corrected chi connectivity index (χ2v) is 6.00. The highest BCUT2D eigenvalue weighted by molar-refractivity contribution is 5.74. The first-order valence-corrected chi connectivity index (χ1v) is 7.93. The van der Waals surface area contributed by atoms with Crippen LogP contribution < -0.4 is 0 Å². The molecule has 0 aliphatic carbocycles. The summed E-state index contributed by atoms with van der Waals surface area (Å²) in [7, 11) is 0. The molecule has 2 aliphatic rings. The Balaban J connectivity index is 1.57. The number of urea groups is 1. The first-order valence-electron chi connectivity index (χ1n) is 7.93. The summed E-state index contributed by atoms with van der Waals surface area (Å²) < 4.78 is 5.31. The molecule has 0 N–H and O–H groups in total. The van der Waals surface area contributed by atoms with Crippen LogP contribution in [0.15, 0.2) is 24.3 Å². The number of likely N-dealkylation sites (tertiary alicyclic amines) is 1. The third-order valence-electron chi connectivity index (χ3n) is 4.68. The molecule has 3 rings (SSSR count). The molecule has 2 amide bonds. The van der Waals surface area contributed by atoms with Gasteiger partial charge in [-0.25, -0.2) is 4.79 Å². The number of rotatable bonds is 1. The van der Waals surface area contributed by atoms with Gasteiger partial charge in [0, 0.05) is 26.2 Å². The third kappa shape index (κ3) is 3.21.